The number of piperidine rings is 1. The highest BCUT2D eigenvalue weighted by Crippen LogP contribution is 2.24. The molecule has 0 bridgehead atoms. The average molecular weight is 372 g/mol. The van der Waals surface area contributed by atoms with E-state index in [4.69, 9.17) is 4.74 Å². The van der Waals surface area contributed by atoms with E-state index in [-0.39, 0.29) is 29.1 Å². The molecule has 2 heterocycles. The Hall–Kier alpha value is -2.50. The molecule has 1 aliphatic heterocycles. The van der Waals surface area contributed by atoms with Gasteiger partial charge in [0.25, 0.3) is 0 Å². The maximum atomic E-state index is 13.0. The molecule has 1 aliphatic rings. The minimum atomic E-state index is -3.76. The number of sulfonamides is 1. The van der Waals surface area contributed by atoms with E-state index in [1.807, 2.05) is 26.0 Å². The first-order chi connectivity index (χ1) is 12.4. The number of nitriles is 1. The zero-order valence-electron chi connectivity index (χ0n) is 14.7. The van der Waals surface area contributed by atoms with Crippen LogP contribution in [0.25, 0.3) is 0 Å². The molecule has 1 saturated heterocycles. The van der Waals surface area contributed by atoms with Gasteiger partial charge in [-0.05, 0) is 44.9 Å². The third-order valence-corrected chi connectivity index (χ3v) is 6.12. The smallest absolute Gasteiger partial charge is 0.317 e. The zero-order chi connectivity index (χ0) is 18.7. The maximum absolute atomic E-state index is 13.0. The van der Waals surface area contributed by atoms with Crippen LogP contribution < -0.4 is 4.74 Å². The molecule has 0 amide bonds. The lowest BCUT2D eigenvalue weighted by Gasteiger charge is -2.31. The second-order valence-corrected chi connectivity index (χ2v) is 8.19. The SMILES string of the molecule is Cc1cc(C)nc(OC2CCCN(S(=O)(=O)c3ccccc3C#N)C2)n1. The summed E-state index contributed by atoms with van der Waals surface area (Å²) in [5.41, 5.74) is 1.75. The fraction of sp³-hybridized carbons (Fsp3) is 0.389. The summed E-state index contributed by atoms with van der Waals surface area (Å²) in [6.07, 6.45) is 1.07. The van der Waals surface area contributed by atoms with Crippen molar-refractivity contribution in [3.8, 4) is 12.1 Å². The number of rotatable bonds is 4. The summed E-state index contributed by atoms with van der Waals surface area (Å²) >= 11 is 0. The Morgan fingerprint density at radius 1 is 1.23 bits per heavy atom. The van der Waals surface area contributed by atoms with Gasteiger partial charge in [0.05, 0.1) is 17.0 Å². The molecule has 2 aromatic rings. The van der Waals surface area contributed by atoms with Crippen molar-refractivity contribution in [1.82, 2.24) is 14.3 Å². The maximum Gasteiger partial charge on any atom is 0.317 e. The Kier molecular flexibility index (Phi) is 5.20. The van der Waals surface area contributed by atoms with Crippen molar-refractivity contribution in [3.05, 3.63) is 47.3 Å². The lowest BCUT2D eigenvalue weighted by Crippen LogP contribution is -2.44. The molecule has 0 radical (unpaired) electrons. The van der Waals surface area contributed by atoms with Gasteiger partial charge in [-0.25, -0.2) is 18.4 Å². The normalized spacial score (nSPS) is 18.3. The first-order valence-corrected chi connectivity index (χ1v) is 9.82. The molecule has 26 heavy (non-hydrogen) atoms. The summed E-state index contributed by atoms with van der Waals surface area (Å²) in [6, 6.07) is 10.3. The van der Waals surface area contributed by atoms with Crippen LogP contribution >= 0.6 is 0 Å². The first-order valence-electron chi connectivity index (χ1n) is 8.38. The summed E-state index contributed by atoms with van der Waals surface area (Å²) in [4.78, 5) is 8.55. The van der Waals surface area contributed by atoms with Crippen molar-refractivity contribution in [3.63, 3.8) is 0 Å². The Bertz CT molecular complexity index is 933. The second-order valence-electron chi connectivity index (χ2n) is 6.29. The van der Waals surface area contributed by atoms with Gasteiger partial charge in [0.15, 0.2) is 0 Å². The van der Waals surface area contributed by atoms with Crippen LogP contribution in [0, 0.1) is 25.2 Å². The Labute approximate surface area is 153 Å². The highest BCUT2D eigenvalue weighted by atomic mass is 32.2. The number of hydrogen-bond acceptors (Lipinski definition) is 6. The van der Waals surface area contributed by atoms with Crippen LogP contribution in [0.5, 0.6) is 6.01 Å². The minimum Gasteiger partial charge on any atom is -0.459 e. The molecule has 1 fully saturated rings. The quantitative estimate of drug-likeness (QED) is 0.816. The van der Waals surface area contributed by atoms with Crippen molar-refractivity contribution >= 4 is 10.0 Å². The molecule has 3 rings (SSSR count). The number of nitrogens with zero attached hydrogens (tertiary/aromatic N) is 4. The molecule has 7 nitrogen and oxygen atoms in total. The van der Waals surface area contributed by atoms with Gasteiger partial charge in [0.1, 0.15) is 12.2 Å². The van der Waals surface area contributed by atoms with E-state index in [0.717, 1.165) is 17.8 Å². The van der Waals surface area contributed by atoms with E-state index in [0.29, 0.717) is 13.0 Å². The van der Waals surface area contributed by atoms with Gasteiger partial charge in [-0.3, -0.25) is 0 Å². The summed E-state index contributed by atoms with van der Waals surface area (Å²) in [5, 5.41) is 9.20. The number of benzene rings is 1. The van der Waals surface area contributed by atoms with E-state index in [1.165, 1.54) is 16.4 Å². The van der Waals surface area contributed by atoms with Gasteiger partial charge in [0, 0.05) is 17.9 Å². The van der Waals surface area contributed by atoms with Crippen molar-refractivity contribution in [2.45, 2.75) is 37.7 Å². The summed E-state index contributed by atoms with van der Waals surface area (Å²) in [6.45, 7) is 4.32. The van der Waals surface area contributed by atoms with Gasteiger partial charge in [-0.15, -0.1) is 0 Å². The Morgan fingerprint density at radius 3 is 2.62 bits per heavy atom. The molecule has 0 saturated carbocycles. The molecule has 0 aliphatic carbocycles. The largest absolute Gasteiger partial charge is 0.459 e. The van der Waals surface area contributed by atoms with Crippen LogP contribution in [0.1, 0.15) is 29.8 Å². The molecule has 8 heteroatoms. The van der Waals surface area contributed by atoms with E-state index in [2.05, 4.69) is 9.97 Å². The third-order valence-electron chi connectivity index (χ3n) is 4.20. The number of hydrogen-bond donors (Lipinski definition) is 0. The van der Waals surface area contributed by atoms with Crippen LogP contribution in [0.3, 0.4) is 0 Å². The van der Waals surface area contributed by atoms with Crippen molar-refractivity contribution in [2.24, 2.45) is 0 Å². The van der Waals surface area contributed by atoms with Crippen LogP contribution in [-0.4, -0.2) is 41.9 Å². The fourth-order valence-corrected chi connectivity index (χ4v) is 4.69. The number of aryl methyl sites for hydroxylation is 2. The summed E-state index contributed by atoms with van der Waals surface area (Å²) in [5.74, 6) is 0. The summed E-state index contributed by atoms with van der Waals surface area (Å²) in [7, 11) is -3.76. The predicted octanol–water partition coefficient (Wildman–Crippen LogP) is 2.20. The molecule has 0 N–H and O–H groups in total. The van der Waals surface area contributed by atoms with E-state index in [9.17, 15) is 13.7 Å². The average Bonchev–Trinajstić information content (AvgIpc) is 2.61. The fourth-order valence-electron chi connectivity index (χ4n) is 3.04. The van der Waals surface area contributed by atoms with Crippen LogP contribution in [0.4, 0.5) is 0 Å². The third kappa shape index (κ3) is 3.84. The van der Waals surface area contributed by atoms with Crippen LogP contribution in [0.2, 0.25) is 0 Å². The Morgan fingerprint density at radius 2 is 1.92 bits per heavy atom. The van der Waals surface area contributed by atoms with Gasteiger partial charge >= 0.3 is 6.01 Å². The van der Waals surface area contributed by atoms with E-state index in [1.54, 1.807) is 12.1 Å². The molecule has 1 aromatic carbocycles. The molecule has 136 valence electrons. The van der Waals surface area contributed by atoms with Crippen molar-refractivity contribution in [2.75, 3.05) is 13.1 Å². The molecule has 0 spiro atoms. The molecular weight excluding hydrogens is 352 g/mol. The van der Waals surface area contributed by atoms with Gasteiger partial charge in [-0.1, -0.05) is 12.1 Å². The summed E-state index contributed by atoms with van der Waals surface area (Å²) < 4.78 is 33.1. The highest BCUT2D eigenvalue weighted by Gasteiger charge is 2.33. The lowest BCUT2D eigenvalue weighted by atomic mass is 10.1. The standard InChI is InChI=1S/C18H20N4O3S/c1-13-10-14(2)21-18(20-13)25-16-7-5-9-22(12-16)26(23,24)17-8-4-3-6-15(17)11-19/h3-4,6,8,10,16H,5,7,9,12H2,1-2H3. The Balaban J connectivity index is 1.80. The first kappa shape index (κ1) is 18.3. The van der Waals surface area contributed by atoms with E-state index >= 15 is 0 Å². The van der Waals surface area contributed by atoms with Crippen molar-refractivity contribution in [1.29, 1.82) is 5.26 Å². The topological polar surface area (TPSA) is 96.2 Å². The highest BCUT2D eigenvalue weighted by molar-refractivity contribution is 7.89. The number of ether oxygens (including phenoxy) is 1. The van der Waals surface area contributed by atoms with Gasteiger partial charge < -0.3 is 4.74 Å². The second kappa shape index (κ2) is 7.40. The monoisotopic (exact) mass is 372 g/mol. The zero-order valence-corrected chi connectivity index (χ0v) is 15.5. The predicted molar refractivity (Wildman–Crippen MR) is 95.1 cm³/mol. The van der Waals surface area contributed by atoms with Gasteiger partial charge in [0.2, 0.25) is 10.0 Å². The number of aromatic nitrogens is 2. The van der Waals surface area contributed by atoms with Crippen LogP contribution in [0.15, 0.2) is 35.2 Å². The van der Waals surface area contributed by atoms with E-state index < -0.39 is 10.0 Å². The minimum absolute atomic E-state index is 0.0331. The molecule has 1 atom stereocenters. The molecule has 1 aromatic heterocycles. The lowest BCUT2D eigenvalue weighted by molar-refractivity contribution is 0.119. The van der Waals surface area contributed by atoms with Crippen molar-refractivity contribution < 1.29 is 13.2 Å². The van der Waals surface area contributed by atoms with Gasteiger partial charge in [-0.2, -0.15) is 9.57 Å². The molecular formula is C18H20N4O3S. The molecule has 1 unspecified atom stereocenters. The van der Waals surface area contributed by atoms with Crippen LogP contribution in [-0.2, 0) is 10.0 Å².